The van der Waals surface area contributed by atoms with Crippen LogP contribution in [0.1, 0.15) is 22.3 Å². The van der Waals surface area contributed by atoms with Crippen LogP contribution < -0.4 is 14.8 Å². The molecular weight excluding hydrogens is 488 g/mol. The summed E-state index contributed by atoms with van der Waals surface area (Å²) in [4.78, 5) is 29.4. The first-order valence-corrected chi connectivity index (χ1v) is 13.0. The second kappa shape index (κ2) is 13.8. The topological polar surface area (TPSA) is 67.9 Å². The fraction of sp³-hybridized carbons (Fsp3) is 0.212. The fourth-order valence-electron chi connectivity index (χ4n) is 4.50. The standard InChI is InChI=1S/C33H34N2O4/c1-38-30-19-18-28(21-31(30)39-2)22-32(36)35(24-27-16-10-5-11-17-27)29(20-25-12-6-3-7-13-25)33(37)34-23-26-14-8-4-9-15-26/h3-19,21,29H,20,22-24H2,1-2H3,(H,34,37). The van der Waals surface area contributed by atoms with Gasteiger partial charge in [0.05, 0.1) is 20.6 Å². The summed E-state index contributed by atoms with van der Waals surface area (Å²) in [6.07, 6.45) is 0.510. The number of ether oxygens (including phenoxy) is 2. The van der Waals surface area contributed by atoms with Crippen LogP contribution in [-0.2, 0) is 35.5 Å². The van der Waals surface area contributed by atoms with Crippen LogP contribution in [0.5, 0.6) is 11.5 Å². The van der Waals surface area contributed by atoms with Crippen molar-refractivity contribution in [3.05, 3.63) is 131 Å². The Balaban J connectivity index is 1.65. The largest absolute Gasteiger partial charge is 0.493 e. The molecule has 0 bridgehead atoms. The van der Waals surface area contributed by atoms with E-state index in [2.05, 4.69) is 5.32 Å². The molecule has 6 nitrogen and oxygen atoms in total. The van der Waals surface area contributed by atoms with Gasteiger partial charge in [-0.25, -0.2) is 0 Å². The molecule has 0 fully saturated rings. The van der Waals surface area contributed by atoms with Gasteiger partial charge in [0.25, 0.3) is 0 Å². The number of carbonyl (C=O) groups excluding carboxylic acids is 2. The lowest BCUT2D eigenvalue weighted by Gasteiger charge is -2.32. The van der Waals surface area contributed by atoms with Crippen molar-refractivity contribution in [2.24, 2.45) is 0 Å². The van der Waals surface area contributed by atoms with Crippen LogP contribution in [0.4, 0.5) is 0 Å². The van der Waals surface area contributed by atoms with Gasteiger partial charge < -0.3 is 19.7 Å². The highest BCUT2D eigenvalue weighted by Gasteiger charge is 2.30. The molecule has 0 aliphatic rings. The molecule has 0 saturated carbocycles. The maximum Gasteiger partial charge on any atom is 0.243 e. The zero-order chi connectivity index (χ0) is 27.5. The lowest BCUT2D eigenvalue weighted by atomic mass is 10.0. The van der Waals surface area contributed by atoms with Crippen LogP contribution in [0, 0.1) is 0 Å². The highest BCUT2D eigenvalue weighted by Crippen LogP contribution is 2.28. The molecule has 1 N–H and O–H groups in total. The predicted molar refractivity (Wildman–Crippen MR) is 152 cm³/mol. The zero-order valence-electron chi connectivity index (χ0n) is 22.4. The van der Waals surface area contributed by atoms with E-state index in [4.69, 9.17) is 9.47 Å². The molecule has 4 aromatic carbocycles. The molecule has 4 aromatic rings. The average Bonchev–Trinajstić information content (AvgIpc) is 2.99. The number of hydrogen-bond donors (Lipinski definition) is 1. The van der Waals surface area contributed by atoms with Crippen LogP contribution in [-0.4, -0.2) is 37.0 Å². The van der Waals surface area contributed by atoms with Gasteiger partial charge in [-0.3, -0.25) is 9.59 Å². The molecule has 0 heterocycles. The van der Waals surface area contributed by atoms with Crippen molar-refractivity contribution in [3.63, 3.8) is 0 Å². The predicted octanol–water partition coefficient (Wildman–Crippen LogP) is 5.20. The van der Waals surface area contributed by atoms with E-state index in [1.807, 2.05) is 97.1 Å². The quantitative estimate of drug-likeness (QED) is 0.278. The SMILES string of the molecule is COc1ccc(CC(=O)N(Cc2ccccc2)C(Cc2ccccc2)C(=O)NCc2ccccc2)cc1OC. The second-order valence-corrected chi connectivity index (χ2v) is 9.28. The molecule has 0 spiro atoms. The first-order valence-electron chi connectivity index (χ1n) is 13.0. The molecule has 1 unspecified atom stereocenters. The Morgan fingerprint density at radius 1 is 0.692 bits per heavy atom. The Hall–Kier alpha value is -4.58. The van der Waals surface area contributed by atoms with E-state index in [0.29, 0.717) is 31.0 Å². The Labute approximate surface area is 230 Å². The van der Waals surface area contributed by atoms with Crippen molar-refractivity contribution in [2.45, 2.75) is 32.0 Å². The second-order valence-electron chi connectivity index (χ2n) is 9.28. The minimum absolute atomic E-state index is 0.116. The number of nitrogens with one attached hydrogen (secondary N) is 1. The van der Waals surface area contributed by atoms with Gasteiger partial charge in [0, 0.05) is 19.5 Å². The Morgan fingerprint density at radius 3 is 1.85 bits per heavy atom. The summed E-state index contributed by atoms with van der Waals surface area (Å²) in [5, 5.41) is 3.07. The van der Waals surface area contributed by atoms with E-state index in [1.165, 1.54) is 0 Å². The smallest absolute Gasteiger partial charge is 0.243 e. The van der Waals surface area contributed by atoms with Gasteiger partial charge >= 0.3 is 0 Å². The first kappa shape index (κ1) is 27.5. The van der Waals surface area contributed by atoms with Crippen molar-refractivity contribution in [2.75, 3.05) is 14.2 Å². The summed E-state index contributed by atoms with van der Waals surface area (Å²) in [6, 6.07) is 34.1. The number of hydrogen-bond acceptors (Lipinski definition) is 4. The molecule has 1 atom stereocenters. The maximum absolute atomic E-state index is 14.0. The van der Waals surface area contributed by atoms with Crippen molar-refractivity contribution in [1.82, 2.24) is 10.2 Å². The lowest BCUT2D eigenvalue weighted by molar-refractivity contribution is -0.140. The van der Waals surface area contributed by atoms with E-state index >= 15 is 0 Å². The summed E-state index contributed by atoms with van der Waals surface area (Å²) in [5.41, 5.74) is 3.70. The monoisotopic (exact) mass is 522 g/mol. The van der Waals surface area contributed by atoms with Gasteiger partial charge in [0.15, 0.2) is 11.5 Å². The van der Waals surface area contributed by atoms with Crippen molar-refractivity contribution in [1.29, 1.82) is 0 Å². The average molecular weight is 523 g/mol. The lowest BCUT2D eigenvalue weighted by Crippen LogP contribution is -2.50. The van der Waals surface area contributed by atoms with Crippen LogP contribution in [0.15, 0.2) is 109 Å². The van der Waals surface area contributed by atoms with E-state index in [1.54, 1.807) is 31.3 Å². The minimum atomic E-state index is -0.705. The molecule has 0 aromatic heterocycles. The maximum atomic E-state index is 14.0. The molecule has 0 aliphatic heterocycles. The third-order valence-corrected chi connectivity index (χ3v) is 6.58. The number of carbonyl (C=O) groups is 2. The van der Waals surface area contributed by atoms with Crippen LogP contribution in [0.2, 0.25) is 0 Å². The summed E-state index contributed by atoms with van der Waals surface area (Å²) in [7, 11) is 3.14. The highest BCUT2D eigenvalue weighted by molar-refractivity contribution is 5.89. The minimum Gasteiger partial charge on any atom is -0.493 e. The number of rotatable bonds is 12. The van der Waals surface area contributed by atoms with Crippen molar-refractivity contribution < 1.29 is 19.1 Å². The van der Waals surface area contributed by atoms with Crippen molar-refractivity contribution >= 4 is 11.8 Å². The molecule has 2 amide bonds. The normalized spacial score (nSPS) is 11.3. The number of methoxy groups -OCH3 is 2. The van der Waals surface area contributed by atoms with Crippen molar-refractivity contribution in [3.8, 4) is 11.5 Å². The summed E-state index contributed by atoms with van der Waals surface area (Å²) in [6.45, 7) is 0.692. The van der Waals surface area contributed by atoms with Gasteiger partial charge in [-0.05, 0) is 34.4 Å². The Bertz CT molecular complexity index is 1340. The van der Waals surface area contributed by atoms with Gasteiger partial charge in [0.1, 0.15) is 6.04 Å². The Kier molecular flexibility index (Phi) is 9.73. The van der Waals surface area contributed by atoms with E-state index in [0.717, 1.165) is 22.3 Å². The van der Waals surface area contributed by atoms with Gasteiger partial charge in [-0.1, -0.05) is 97.1 Å². The van der Waals surface area contributed by atoms with Crippen LogP contribution in [0.25, 0.3) is 0 Å². The first-order chi connectivity index (χ1) is 19.1. The molecule has 200 valence electrons. The Morgan fingerprint density at radius 2 is 1.26 bits per heavy atom. The number of nitrogens with zero attached hydrogens (tertiary/aromatic N) is 1. The fourth-order valence-corrected chi connectivity index (χ4v) is 4.50. The van der Waals surface area contributed by atoms with E-state index < -0.39 is 6.04 Å². The molecular formula is C33H34N2O4. The zero-order valence-corrected chi connectivity index (χ0v) is 22.4. The molecule has 6 heteroatoms. The number of benzene rings is 4. The molecule has 0 radical (unpaired) electrons. The third-order valence-electron chi connectivity index (χ3n) is 6.58. The van der Waals surface area contributed by atoms with E-state index in [9.17, 15) is 9.59 Å². The summed E-state index contributed by atoms with van der Waals surface area (Å²) < 4.78 is 10.8. The third kappa shape index (κ3) is 7.71. The summed E-state index contributed by atoms with van der Waals surface area (Å²) in [5.74, 6) is 0.803. The van der Waals surface area contributed by atoms with Gasteiger partial charge in [-0.15, -0.1) is 0 Å². The van der Waals surface area contributed by atoms with E-state index in [-0.39, 0.29) is 18.2 Å². The molecule has 39 heavy (non-hydrogen) atoms. The molecule has 0 saturated heterocycles. The van der Waals surface area contributed by atoms with Gasteiger partial charge in [-0.2, -0.15) is 0 Å². The molecule has 4 rings (SSSR count). The van der Waals surface area contributed by atoms with Crippen LogP contribution in [0.3, 0.4) is 0 Å². The highest BCUT2D eigenvalue weighted by atomic mass is 16.5. The molecule has 0 aliphatic carbocycles. The van der Waals surface area contributed by atoms with Crippen LogP contribution >= 0.6 is 0 Å². The summed E-state index contributed by atoms with van der Waals surface area (Å²) >= 11 is 0. The van der Waals surface area contributed by atoms with Gasteiger partial charge in [0.2, 0.25) is 11.8 Å². The number of amides is 2.